The first-order valence-electron chi connectivity index (χ1n) is 12.8. The highest BCUT2D eigenvalue weighted by atomic mass is 14.8. The molecule has 0 radical (unpaired) electrons. The van der Waals surface area contributed by atoms with Crippen LogP contribution < -0.4 is 0 Å². The monoisotopic (exact) mass is 483 g/mol. The standard InChI is InChI=1S/C35H21N3/c1-3-10-26-24(8-1)25-9-2-4-11-27(25)34-33(26)28-12-5-6-13-30(28)38-35(34)23-17-15-22(16-18-23)29-19-20-31-32(37-29)14-7-21-36-31/h1-21H. The molecule has 0 N–H and O–H groups in total. The Hall–Kier alpha value is -5.15. The Bertz CT molecular complexity index is 2180. The van der Waals surface area contributed by atoms with E-state index in [1.165, 1.54) is 37.7 Å². The molecule has 0 spiro atoms. The molecule has 3 heteroatoms. The van der Waals surface area contributed by atoms with Crippen molar-refractivity contribution < 1.29 is 0 Å². The van der Waals surface area contributed by atoms with E-state index in [0.29, 0.717) is 0 Å². The molecule has 3 nitrogen and oxygen atoms in total. The molecule has 0 saturated heterocycles. The molecule has 8 aromatic rings. The number of fused-ring (bicyclic) bond motifs is 9. The Balaban J connectivity index is 1.42. The third-order valence-corrected chi connectivity index (χ3v) is 7.49. The fraction of sp³-hybridized carbons (Fsp3) is 0. The van der Waals surface area contributed by atoms with Crippen molar-refractivity contribution >= 4 is 54.3 Å². The van der Waals surface area contributed by atoms with Crippen LogP contribution >= 0.6 is 0 Å². The first kappa shape index (κ1) is 21.0. The van der Waals surface area contributed by atoms with Gasteiger partial charge in [-0.25, -0.2) is 9.97 Å². The van der Waals surface area contributed by atoms with E-state index >= 15 is 0 Å². The van der Waals surface area contributed by atoms with Crippen LogP contribution in [0.4, 0.5) is 0 Å². The number of hydrogen-bond acceptors (Lipinski definition) is 3. The van der Waals surface area contributed by atoms with Crippen molar-refractivity contribution in [3.05, 3.63) is 128 Å². The third-order valence-electron chi connectivity index (χ3n) is 7.49. The normalized spacial score (nSPS) is 11.7. The molecule has 176 valence electrons. The smallest absolute Gasteiger partial charge is 0.0894 e. The molecule has 0 amide bonds. The van der Waals surface area contributed by atoms with Gasteiger partial charge in [0.25, 0.3) is 0 Å². The van der Waals surface area contributed by atoms with Gasteiger partial charge >= 0.3 is 0 Å². The maximum absolute atomic E-state index is 5.25. The summed E-state index contributed by atoms with van der Waals surface area (Å²) in [5.41, 5.74) is 6.90. The zero-order valence-electron chi connectivity index (χ0n) is 20.5. The van der Waals surface area contributed by atoms with Gasteiger partial charge < -0.3 is 0 Å². The lowest BCUT2D eigenvalue weighted by Crippen LogP contribution is -1.93. The Morgan fingerprint density at radius 1 is 0.368 bits per heavy atom. The number of nitrogens with zero attached hydrogens (tertiary/aromatic N) is 3. The summed E-state index contributed by atoms with van der Waals surface area (Å²) in [5, 5.41) is 8.63. The van der Waals surface area contributed by atoms with Crippen LogP contribution in [0.2, 0.25) is 0 Å². The first-order chi connectivity index (χ1) is 18.8. The fourth-order valence-electron chi connectivity index (χ4n) is 5.75. The van der Waals surface area contributed by atoms with Gasteiger partial charge in [0.15, 0.2) is 0 Å². The number of rotatable bonds is 2. The number of pyridine rings is 3. The summed E-state index contributed by atoms with van der Waals surface area (Å²) in [7, 11) is 0. The van der Waals surface area contributed by atoms with Gasteiger partial charge in [0.1, 0.15) is 0 Å². The van der Waals surface area contributed by atoms with Crippen molar-refractivity contribution in [1.82, 2.24) is 15.0 Å². The summed E-state index contributed by atoms with van der Waals surface area (Å²) in [6, 6.07) is 42.5. The van der Waals surface area contributed by atoms with E-state index in [-0.39, 0.29) is 0 Å². The minimum absolute atomic E-state index is 0.898. The van der Waals surface area contributed by atoms with E-state index in [2.05, 4.69) is 102 Å². The van der Waals surface area contributed by atoms with Crippen molar-refractivity contribution in [3.63, 3.8) is 0 Å². The number of para-hydroxylation sites is 1. The summed E-state index contributed by atoms with van der Waals surface area (Å²) in [6.45, 7) is 0. The van der Waals surface area contributed by atoms with Crippen molar-refractivity contribution in [2.24, 2.45) is 0 Å². The van der Waals surface area contributed by atoms with Crippen LogP contribution in [0.1, 0.15) is 0 Å². The molecule has 0 bridgehead atoms. The van der Waals surface area contributed by atoms with E-state index in [4.69, 9.17) is 9.97 Å². The summed E-state index contributed by atoms with van der Waals surface area (Å²) in [6.07, 6.45) is 1.80. The second-order valence-corrected chi connectivity index (χ2v) is 9.63. The average Bonchev–Trinajstić information content (AvgIpc) is 3.00. The quantitative estimate of drug-likeness (QED) is 0.230. The zero-order chi connectivity index (χ0) is 25.1. The van der Waals surface area contributed by atoms with Gasteiger partial charge in [-0.15, -0.1) is 0 Å². The summed E-state index contributed by atoms with van der Waals surface area (Å²) >= 11 is 0. The predicted molar refractivity (Wildman–Crippen MR) is 158 cm³/mol. The molecule has 3 heterocycles. The molecule has 5 aromatic carbocycles. The van der Waals surface area contributed by atoms with Crippen molar-refractivity contribution in [1.29, 1.82) is 0 Å². The lowest BCUT2D eigenvalue weighted by atomic mass is 9.90. The molecule has 0 atom stereocenters. The van der Waals surface area contributed by atoms with Gasteiger partial charge in [0.2, 0.25) is 0 Å². The second-order valence-electron chi connectivity index (χ2n) is 9.63. The van der Waals surface area contributed by atoms with Crippen molar-refractivity contribution in [3.8, 4) is 22.5 Å². The van der Waals surface area contributed by atoms with E-state index in [9.17, 15) is 0 Å². The lowest BCUT2D eigenvalue weighted by Gasteiger charge is -2.16. The molecule has 0 saturated carbocycles. The fourth-order valence-corrected chi connectivity index (χ4v) is 5.75. The third kappa shape index (κ3) is 3.12. The molecule has 8 rings (SSSR count). The summed E-state index contributed by atoms with van der Waals surface area (Å²) in [5.74, 6) is 0. The number of hydrogen-bond donors (Lipinski definition) is 0. The summed E-state index contributed by atoms with van der Waals surface area (Å²) < 4.78 is 0. The molecule has 0 aliphatic heterocycles. The topological polar surface area (TPSA) is 38.7 Å². The largest absolute Gasteiger partial charge is 0.255 e. The van der Waals surface area contributed by atoms with Crippen LogP contribution in [0.15, 0.2) is 128 Å². The molecule has 0 aliphatic carbocycles. The Kier molecular flexibility index (Phi) is 4.52. The highest BCUT2D eigenvalue weighted by Crippen LogP contribution is 2.42. The minimum atomic E-state index is 0.898. The van der Waals surface area contributed by atoms with Crippen LogP contribution in [0.5, 0.6) is 0 Å². The number of benzene rings is 5. The molecular weight excluding hydrogens is 462 g/mol. The van der Waals surface area contributed by atoms with Crippen LogP contribution in [-0.4, -0.2) is 15.0 Å². The van der Waals surface area contributed by atoms with Crippen LogP contribution in [0.25, 0.3) is 76.8 Å². The highest BCUT2D eigenvalue weighted by Gasteiger charge is 2.17. The molecule has 3 aromatic heterocycles. The zero-order valence-corrected chi connectivity index (χ0v) is 20.5. The van der Waals surface area contributed by atoms with Gasteiger partial charge in [0.05, 0.1) is 27.9 Å². The lowest BCUT2D eigenvalue weighted by molar-refractivity contribution is 1.33. The summed E-state index contributed by atoms with van der Waals surface area (Å²) in [4.78, 5) is 14.5. The second kappa shape index (κ2) is 8.19. The maximum Gasteiger partial charge on any atom is 0.0894 e. The van der Waals surface area contributed by atoms with Crippen LogP contribution in [0, 0.1) is 0 Å². The van der Waals surface area contributed by atoms with E-state index in [0.717, 1.165) is 39.1 Å². The predicted octanol–water partition coefficient (Wildman–Crippen LogP) is 8.97. The van der Waals surface area contributed by atoms with Gasteiger partial charge in [-0.1, -0.05) is 91.0 Å². The highest BCUT2D eigenvalue weighted by molar-refractivity contribution is 6.33. The van der Waals surface area contributed by atoms with Crippen LogP contribution in [0.3, 0.4) is 0 Å². The molecule has 0 aliphatic rings. The van der Waals surface area contributed by atoms with Gasteiger partial charge in [-0.2, -0.15) is 0 Å². The van der Waals surface area contributed by atoms with Crippen molar-refractivity contribution in [2.45, 2.75) is 0 Å². The van der Waals surface area contributed by atoms with Gasteiger partial charge in [-0.3, -0.25) is 4.98 Å². The molecular formula is C35H21N3. The van der Waals surface area contributed by atoms with E-state index in [1.54, 1.807) is 6.20 Å². The molecule has 38 heavy (non-hydrogen) atoms. The van der Waals surface area contributed by atoms with Crippen LogP contribution in [-0.2, 0) is 0 Å². The van der Waals surface area contributed by atoms with Gasteiger partial charge in [-0.05, 0) is 51.9 Å². The average molecular weight is 484 g/mol. The van der Waals surface area contributed by atoms with Crippen molar-refractivity contribution in [2.75, 3.05) is 0 Å². The Morgan fingerprint density at radius 2 is 0.974 bits per heavy atom. The number of aromatic nitrogens is 3. The Morgan fingerprint density at radius 3 is 1.74 bits per heavy atom. The SMILES string of the molecule is c1cnc2ccc(-c3ccc(-c4nc5ccccc5c5c6ccccc6c6ccccc6c45)cc3)nc2c1. The molecule has 0 unspecified atom stereocenters. The Labute approximate surface area is 219 Å². The van der Waals surface area contributed by atoms with E-state index < -0.39 is 0 Å². The van der Waals surface area contributed by atoms with Gasteiger partial charge in [0, 0.05) is 33.5 Å². The van der Waals surface area contributed by atoms with E-state index in [1.807, 2.05) is 24.3 Å². The maximum atomic E-state index is 5.25. The minimum Gasteiger partial charge on any atom is -0.255 e. The molecule has 0 fully saturated rings. The first-order valence-corrected chi connectivity index (χ1v) is 12.8.